The van der Waals surface area contributed by atoms with Gasteiger partial charge in [-0.25, -0.2) is 4.79 Å². The maximum absolute atomic E-state index is 12.5. The van der Waals surface area contributed by atoms with E-state index in [0.29, 0.717) is 17.7 Å². The number of nitro groups is 1. The van der Waals surface area contributed by atoms with Crippen LogP contribution in [0.4, 0.5) is 5.69 Å². The third-order valence-electron chi connectivity index (χ3n) is 4.08. The summed E-state index contributed by atoms with van der Waals surface area (Å²) in [6.07, 6.45) is 0.343. The van der Waals surface area contributed by atoms with Crippen LogP contribution in [0, 0.1) is 10.1 Å². The van der Waals surface area contributed by atoms with Crippen molar-refractivity contribution in [1.82, 2.24) is 5.32 Å². The number of allylic oxidation sites excluding steroid dienone is 1. The van der Waals surface area contributed by atoms with E-state index in [1.54, 1.807) is 32.0 Å². The smallest absolute Gasteiger partial charge is 0.336 e. The van der Waals surface area contributed by atoms with E-state index in [1.807, 2.05) is 6.92 Å². The molecule has 0 saturated heterocycles. The van der Waals surface area contributed by atoms with Crippen molar-refractivity contribution in [3.8, 4) is 0 Å². The lowest BCUT2D eigenvalue weighted by Crippen LogP contribution is -2.35. The molecule has 0 saturated carbocycles. The molecule has 1 heterocycles. The molecule has 0 aliphatic carbocycles. The number of benzene rings is 1. The molecule has 7 heteroatoms. The van der Waals surface area contributed by atoms with Gasteiger partial charge in [-0.2, -0.15) is 0 Å². The van der Waals surface area contributed by atoms with Gasteiger partial charge in [0.15, 0.2) is 0 Å². The van der Waals surface area contributed by atoms with E-state index in [4.69, 9.17) is 4.74 Å². The van der Waals surface area contributed by atoms with E-state index in [0.717, 1.165) is 0 Å². The Morgan fingerprint density at radius 1 is 1.46 bits per heavy atom. The van der Waals surface area contributed by atoms with Gasteiger partial charge in [-0.3, -0.25) is 14.9 Å². The minimum atomic E-state index is -0.697. The summed E-state index contributed by atoms with van der Waals surface area (Å²) in [5, 5.41) is 13.9. The molecule has 1 aliphatic heterocycles. The molecule has 0 bridgehead atoms. The predicted molar refractivity (Wildman–Crippen MR) is 87.1 cm³/mol. The molecule has 2 atom stereocenters. The molecule has 1 aliphatic rings. The van der Waals surface area contributed by atoms with E-state index in [2.05, 4.69) is 5.32 Å². The molecule has 0 unspecified atom stereocenters. The van der Waals surface area contributed by atoms with Crippen molar-refractivity contribution >= 4 is 17.6 Å². The summed E-state index contributed by atoms with van der Waals surface area (Å²) in [4.78, 5) is 35.3. The number of hydrogen-bond donors (Lipinski definition) is 1. The Bertz CT molecular complexity index is 711. The minimum absolute atomic E-state index is 0.0346. The number of ether oxygens (including phenoxy) is 1. The Balaban J connectivity index is 2.50. The molecule has 128 valence electrons. The topological polar surface area (TPSA) is 98.5 Å². The molecule has 0 aromatic heterocycles. The lowest BCUT2D eigenvalue weighted by Gasteiger charge is -2.27. The highest BCUT2D eigenvalue weighted by molar-refractivity contribution is 5.96. The number of carbonyl (C=O) groups excluding carboxylic acids is 2. The number of esters is 1. The van der Waals surface area contributed by atoms with Crippen molar-refractivity contribution in [3.05, 3.63) is 51.2 Å². The first kappa shape index (κ1) is 17.7. The SMILES string of the molecule is CC[C@@H](C)OC(=O)C1=C(C)NC(=O)C[C@H]1c1ccccc1[N+](=O)[O-]. The van der Waals surface area contributed by atoms with Crippen LogP contribution in [0.25, 0.3) is 0 Å². The van der Waals surface area contributed by atoms with Gasteiger partial charge in [0.2, 0.25) is 5.91 Å². The second kappa shape index (κ2) is 7.25. The van der Waals surface area contributed by atoms with E-state index < -0.39 is 16.8 Å². The van der Waals surface area contributed by atoms with Crippen LogP contribution in [0.3, 0.4) is 0 Å². The second-order valence-electron chi connectivity index (χ2n) is 5.78. The average Bonchev–Trinajstić information content (AvgIpc) is 2.53. The van der Waals surface area contributed by atoms with E-state index in [9.17, 15) is 19.7 Å². The molecule has 24 heavy (non-hydrogen) atoms. The normalized spacial score (nSPS) is 18.8. The van der Waals surface area contributed by atoms with Gasteiger partial charge in [0.05, 0.1) is 16.6 Å². The monoisotopic (exact) mass is 332 g/mol. The molecule has 1 amide bonds. The molecule has 1 aromatic rings. The Morgan fingerprint density at radius 2 is 2.12 bits per heavy atom. The fourth-order valence-electron chi connectivity index (χ4n) is 2.72. The summed E-state index contributed by atoms with van der Waals surface area (Å²) < 4.78 is 5.38. The number of nitro benzene ring substituents is 1. The summed E-state index contributed by atoms with van der Waals surface area (Å²) in [6.45, 7) is 5.27. The van der Waals surface area contributed by atoms with Crippen molar-refractivity contribution in [2.45, 2.75) is 45.6 Å². The fraction of sp³-hybridized carbons (Fsp3) is 0.412. The lowest BCUT2D eigenvalue weighted by atomic mass is 9.83. The van der Waals surface area contributed by atoms with Gasteiger partial charge < -0.3 is 10.1 Å². The molecular weight excluding hydrogens is 312 g/mol. The summed E-state index contributed by atoms with van der Waals surface area (Å²) in [5.74, 6) is -1.53. The molecule has 1 N–H and O–H groups in total. The number of hydrogen-bond acceptors (Lipinski definition) is 5. The van der Waals surface area contributed by atoms with Crippen LogP contribution < -0.4 is 5.32 Å². The number of para-hydroxylation sites is 1. The van der Waals surface area contributed by atoms with Gasteiger partial charge in [-0.05, 0) is 20.3 Å². The molecule has 2 rings (SSSR count). The second-order valence-corrected chi connectivity index (χ2v) is 5.78. The van der Waals surface area contributed by atoms with E-state index in [-0.39, 0.29) is 29.7 Å². The van der Waals surface area contributed by atoms with Crippen LogP contribution in [-0.2, 0) is 14.3 Å². The van der Waals surface area contributed by atoms with Crippen molar-refractivity contribution in [2.75, 3.05) is 0 Å². The Morgan fingerprint density at radius 3 is 2.75 bits per heavy atom. The van der Waals surface area contributed by atoms with Crippen molar-refractivity contribution in [3.63, 3.8) is 0 Å². The molecule has 0 radical (unpaired) electrons. The zero-order chi connectivity index (χ0) is 17.9. The van der Waals surface area contributed by atoms with Crippen molar-refractivity contribution in [1.29, 1.82) is 0 Å². The zero-order valence-electron chi connectivity index (χ0n) is 13.9. The fourth-order valence-corrected chi connectivity index (χ4v) is 2.72. The number of rotatable bonds is 5. The van der Waals surface area contributed by atoms with Crippen LogP contribution in [0.2, 0.25) is 0 Å². The maximum atomic E-state index is 12.5. The molecule has 7 nitrogen and oxygen atoms in total. The van der Waals surface area contributed by atoms with Gasteiger partial charge >= 0.3 is 5.97 Å². The van der Waals surface area contributed by atoms with Crippen LogP contribution >= 0.6 is 0 Å². The van der Waals surface area contributed by atoms with E-state index >= 15 is 0 Å². The van der Waals surface area contributed by atoms with Gasteiger partial charge in [-0.1, -0.05) is 25.1 Å². The maximum Gasteiger partial charge on any atom is 0.336 e. The summed E-state index contributed by atoms with van der Waals surface area (Å²) in [6, 6.07) is 6.15. The largest absolute Gasteiger partial charge is 0.459 e. The molecule has 0 spiro atoms. The van der Waals surface area contributed by atoms with Gasteiger partial charge in [-0.15, -0.1) is 0 Å². The molecular formula is C17H20N2O5. The Hall–Kier alpha value is -2.70. The summed E-state index contributed by atoms with van der Waals surface area (Å²) in [7, 11) is 0. The highest BCUT2D eigenvalue weighted by Crippen LogP contribution is 2.38. The average molecular weight is 332 g/mol. The highest BCUT2D eigenvalue weighted by Gasteiger charge is 2.36. The summed E-state index contributed by atoms with van der Waals surface area (Å²) >= 11 is 0. The number of carbonyl (C=O) groups is 2. The standard InChI is InChI=1S/C17H20N2O5/c1-4-10(2)24-17(21)16-11(3)18-15(20)9-13(16)12-7-5-6-8-14(12)19(22)23/h5-8,10,13H,4,9H2,1-3H3,(H,18,20)/t10-,13+/m1/s1. The predicted octanol–water partition coefficient (Wildman–Crippen LogP) is 2.81. The Kier molecular flexibility index (Phi) is 5.33. The zero-order valence-corrected chi connectivity index (χ0v) is 13.9. The minimum Gasteiger partial charge on any atom is -0.459 e. The first-order chi connectivity index (χ1) is 11.3. The van der Waals surface area contributed by atoms with Gasteiger partial charge in [0.1, 0.15) is 0 Å². The van der Waals surface area contributed by atoms with Gasteiger partial charge in [0, 0.05) is 29.7 Å². The Labute approximate surface area is 139 Å². The first-order valence-corrected chi connectivity index (χ1v) is 7.80. The molecule has 1 aromatic carbocycles. The third-order valence-corrected chi connectivity index (χ3v) is 4.08. The van der Waals surface area contributed by atoms with Crippen molar-refractivity contribution < 1.29 is 19.2 Å². The number of nitrogens with one attached hydrogen (secondary N) is 1. The van der Waals surface area contributed by atoms with Crippen LogP contribution in [-0.4, -0.2) is 22.9 Å². The first-order valence-electron chi connectivity index (χ1n) is 7.80. The van der Waals surface area contributed by atoms with Crippen LogP contribution in [0.5, 0.6) is 0 Å². The summed E-state index contributed by atoms with van der Waals surface area (Å²) in [5.41, 5.74) is 0.874. The third kappa shape index (κ3) is 3.61. The number of amides is 1. The van der Waals surface area contributed by atoms with Crippen LogP contribution in [0.1, 0.15) is 45.1 Å². The van der Waals surface area contributed by atoms with Gasteiger partial charge in [0.25, 0.3) is 5.69 Å². The number of nitrogens with zero attached hydrogens (tertiary/aromatic N) is 1. The quantitative estimate of drug-likeness (QED) is 0.508. The van der Waals surface area contributed by atoms with E-state index in [1.165, 1.54) is 6.07 Å². The van der Waals surface area contributed by atoms with Crippen LogP contribution in [0.15, 0.2) is 35.5 Å². The lowest BCUT2D eigenvalue weighted by molar-refractivity contribution is -0.385. The highest BCUT2D eigenvalue weighted by atomic mass is 16.6. The van der Waals surface area contributed by atoms with Crippen molar-refractivity contribution in [2.24, 2.45) is 0 Å². The molecule has 0 fully saturated rings.